The smallest absolute Gasteiger partial charge is 0.0111 e. The van der Waals surface area contributed by atoms with Gasteiger partial charge >= 0.3 is 0 Å². The van der Waals surface area contributed by atoms with Crippen LogP contribution in [0.5, 0.6) is 0 Å². The highest BCUT2D eigenvalue weighted by Gasteiger charge is 2.41. The van der Waals surface area contributed by atoms with Gasteiger partial charge in [0.15, 0.2) is 0 Å². The standard InChI is InChI=1S/C13H24N2/c1-2-7-15(12-4-5-12)9-10-8-11-3-6-13(10)14-11/h10-14H,2-9H2,1H3. The lowest BCUT2D eigenvalue weighted by Gasteiger charge is -2.28. The van der Waals surface area contributed by atoms with Gasteiger partial charge in [0.2, 0.25) is 0 Å². The quantitative estimate of drug-likeness (QED) is 0.743. The number of hydrogen-bond donors (Lipinski definition) is 1. The Morgan fingerprint density at radius 3 is 2.60 bits per heavy atom. The van der Waals surface area contributed by atoms with E-state index in [0.29, 0.717) is 0 Å². The maximum Gasteiger partial charge on any atom is 0.0111 e. The first-order valence-electron chi connectivity index (χ1n) is 6.87. The highest BCUT2D eigenvalue weighted by atomic mass is 15.2. The SMILES string of the molecule is CCCN(CC1CC2CCC1N2)C1CC1. The van der Waals surface area contributed by atoms with Gasteiger partial charge in [0.05, 0.1) is 0 Å². The van der Waals surface area contributed by atoms with Crippen molar-refractivity contribution in [2.24, 2.45) is 5.92 Å². The van der Waals surface area contributed by atoms with E-state index in [1.54, 1.807) is 0 Å². The Morgan fingerprint density at radius 1 is 1.20 bits per heavy atom. The van der Waals surface area contributed by atoms with Gasteiger partial charge in [-0.1, -0.05) is 6.92 Å². The zero-order chi connectivity index (χ0) is 10.3. The van der Waals surface area contributed by atoms with E-state index in [0.717, 1.165) is 24.0 Å². The maximum absolute atomic E-state index is 3.76. The summed E-state index contributed by atoms with van der Waals surface area (Å²) in [6.07, 6.45) is 8.60. The Morgan fingerprint density at radius 2 is 2.07 bits per heavy atom. The van der Waals surface area contributed by atoms with Gasteiger partial charge in [0.25, 0.3) is 0 Å². The third-order valence-corrected chi connectivity index (χ3v) is 4.48. The Balaban J connectivity index is 1.54. The first-order chi connectivity index (χ1) is 7.36. The molecule has 2 bridgehead atoms. The molecule has 3 fully saturated rings. The van der Waals surface area contributed by atoms with Gasteiger partial charge in [0.1, 0.15) is 0 Å². The lowest BCUT2D eigenvalue weighted by atomic mass is 9.88. The van der Waals surface area contributed by atoms with Gasteiger partial charge in [-0.2, -0.15) is 0 Å². The summed E-state index contributed by atoms with van der Waals surface area (Å²) in [5.74, 6) is 0.968. The molecule has 0 aromatic rings. The van der Waals surface area contributed by atoms with Crippen molar-refractivity contribution < 1.29 is 0 Å². The van der Waals surface area contributed by atoms with E-state index in [4.69, 9.17) is 0 Å². The number of nitrogens with one attached hydrogen (secondary N) is 1. The molecule has 2 saturated heterocycles. The van der Waals surface area contributed by atoms with Crippen LogP contribution in [0.25, 0.3) is 0 Å². The third kappa shape index (κ3) is 2.07. The molecule has 1 aliphatic carbocycles. The average Bonchev–Trinajstić information content (AvgIpc) is 2.89. The van der Waals surface area contributed by atoms with Gasteiger partial charge in [-0.05, 0) is 51.0 Å². The van der Waals surface area contributed by atoms with Crippen LogP contribution in [0.2, 0.25) is 0 Å². The molecule has 3 unspecified atom stereocenters. The molecule has 3 atom stereocenters. The van der Waals surface area contributed by atoms with Crippen LogP contribution >= 0.6 is 0 Å². The van der Waals surface area contributed by atoms with E-state index >= 15 is 0 Å². The predicted octanol–water partition coefficient (Wildman–Crippen LogP) is 2.00. The molecular weight excluding hydrogens is 184 g/mol. The molecule has 86 valence electrons. The second kappa shape index (κ2) is 4.06. The van der Waals surface area contributed by atoms with Gasteiger partial charge < -0.3 is 10.2 Å². The highest BCUT2D eigenvalue weighted by Crippen LogP contribution is 2.36. The fourth-order valence-electron chi connectivity index (χ4n) is 3.59. The maximum atomic E-state index is 3.76. The Kier molecular flexibility index (Phi) is 2.73. The minimum absolute atomic E-state index is 0.869. The van der Waals surface area contributed by atoms with Crippen molar-refractivity contribution in [3.63, 3.8) is 0 Å². The highest BCUT2D eigenvalue weighted by molar-refractivity contribution is 4.99. The number of rotatable bonds is 5. The van der Waals surface area contributed by atoms with E-state index < -0.39 is 0 Å². The minimum atomic E-state index is 0.869. The molecule has 1 saturated carbocycles. The summed E-state index contributed by atoms with van der Waals surface area (Å²) in [5.41, 5.74) is 0. The van der Waals surface area contributed by atoms with E-state index in [1.165, 1.54) is 51.6 Å². The van der Waals surface area contributed by atoms with Crippen LogP contribution in [-0.2, 0) is 0 Å². The average molecular weight is 208 g/mol. The number of hydrogen-bond acceptors (Lipinski definition) is 2. The topological polar surface area (TPSA) is 15.3 Å². The van der Waals surface area contributed by atoms with Crippen LogP contribution in [0, 0.1) is 5.92 Å². The van der Waals surface area contributed by atoms with Gasteiger partial charge in [-0.15, -0.1) is 0 Å². The van der Waals surface area contributed by atoms with E-state index in [1.807, 2.05) is 0 Å². The summed E-state index contributed by atoms with van der Waals surface area (Å²) >= 11 is 0. The third-order valence-electron chi connectivity index (χ3n) is 4.48. The largest absolute Gasteiger partial charge is 0.311 e. The van der Waals surface area contributed by atoms with Crippen LogP contribution in [0.15, 0.2) is 0 Å². The molecule has 2 heteroatoms. The molecule has 2 nitrogen and oxygen atoms in total. The Bertz CT molecular complexity index is 225. The molecule has 2 aliphatic heterocycles. The molecule has 1 N–H and O–H groups in total. The van der Waals surface area contributed by atoms with Crippen molar-refractivity contribution in [3.05, 3.63) is 0 Å². The van der Waals surface area contributed by atoms with Gasteiger partial charge in [0, 0.05) is 24.7 Å². The van der Waals surface area contributed by atoms with Crippen molar-refractivity contribution in [1.29, 1.82) is 0 Å². The lowest BCUT2D eigenvalue weighted by molar-refractivity contribution is 0.203. The molecule has 2 heterocycles. The summed E-state index contributed by atoms with van der Waals surface area (Å²) in [6.45, 7) is 5.03. The summed E-state index contributed by atoms with van der Waals surface area (Å²) in [4.78, 5) is 2.77. The second-order valence-corrected chi connectivity index (χ2v) is 5.77. The molecule has 15 heavy (non-hydrogen) atoms. The number of nitrogens with zero attached hydrogens (tertiary/aromatic N) is 1. The molecule has 0 spiro atoms. The minimum Gasteiger partial charge on any atom is -0.311 e. The summed E-state index contributed by atoms with van der Waals surface area (Å²) in [5, 5.41) is 3.76. The summed E-state index contributed by atoms with van der Waals surface area (Å²) < 4.78 is 0. The van der Waals surface area contributed by atoms with Crippen molar-refractivity contribution in [3.8, 4) is 0 Å². The zero-order valence-corrected chi connectivity index (χ0v) is 9.91. The molecule has 0 aromatic heterocycles. The van der Waals surface area contributed by atoms with Crippen LogP contribution in [-0.4, -0.2) is 36.1 Å². The number of fused-ring (bicyclic) bond motifs is 2. The Hall–Kier alpha value is -0.0800. The van der Waals surface area contributed by atoms with Crippen molar-refractivity contribution in [1.82, 2.24) is 10.2 Å². The summed E-state index contributed by atoms with van der Waals surface area (Å²) in [6, 6.07) is 2.71. The molecule has 3 rings (SSSR count). The summed E-state index contributed by atoms with van der Waals surface area (Å²) in [7, 11) is 0. The van der Waals surface area contributed by atoms with Crippen LogP contribution in [0.3, 0.4) is 0 Å². The lowest BCUT2D eigenvalue weighted by Crippen LogP contribution is -2.37. The van der Waals surface area contributed by atoms with Crippen molar-refractivity contribution >= 4 is 0 Å². The molecular formula is C13H24N2. The van der Waals surface area contributed by atoms with Crippen molar-refractivity contribution in [2.45, 2.75) is 63.6 Å². The predicted molar refractivity (Wildman–Crippen MR) is 62.9 cm³/mol. The fraction of sp³-hybridized carbons (Fsp3) is 1.00. The first kappa shape index (κ1) is 10.1. The van der Waals surface area contributed by atoms with Crippen LogP contribution in [0.4, 0.5) is 0 Å². The van der Waals surface area contributed by atoms with Gasteiger partial charge in [-0.25, -0.2) is 0 Å². The fourth-order valence-corrected chi connectivity index (χ4v) is 3.59. The van der Waals surface area contributed by atoms with E-state index in [2.05, 4.69) is 17.1 Å². The zero-order valence-electron chi connectivity index (χ0n) is 9.91. The van der Waals surface area contributed by atoms with Crippen LogP contribution in [0.1, 0.15) is 45.4 Å². The molecule has 0 aromatic carbocycles. The normalized spacial score (nSPS) is 39.2. The van der Waals surface area contributed by atoms with E-state index in [-0.39, 0.29) is 0 Å². The van der Waals surface area contributed by atoms with Gasteiger partial charge in [-0.3, -0.25) is 0 Å². The molecule has 0 radical (unpaired) electrons. The van der Waals surface area contributed by atoms with Crippen molar-refractivity contribution in [2.75, 3.05) is 13.1 Å². The Labute approximate surface area is 93.4 Å². The monoisotopic (exact) mass is 208 g/mol. The molecule has 0 amide bonds. The van der Waals surface area contributed by atoms with Crippen LogP contribution < -0.4 is 5.32 Å². The second-order valence-electron chi connectivity index (χ2n) is 5.77. The van der Waals surface area contributed by atoms with E-state index in [9.17, 15) is 0 Å². The molecule has 3 aliphatic rings. The first-order valence-corrected chi connectivity index (χ1v) is 6.87.